The van der Waals surface area contributed by atoms with E-state index in [1.165, 1.54) is 21.9 Å². The van der Waals surface area contributed by atoms with E-state index in [2.05, 4.69) is 64.2 Å². The van der Waals surface area contributed by atoms with Gasteiger partial charge in [-0.1, -0.05) is 32.4 Å². The molecule has 0 aliphatic heterocycles. The van der Waals surface area contributed by atoms with Gasteiger partial charge in [0, 0.05) is 0 Å². The molecule has 0 radical (unpaired) electrons. The largest absolute Gasteiger partial charge is 1.00 e. The van der Waals surface area contributed by atoms with E-state index in [4.69, 9.17) is 0 Å². The maximum atomic E-state index is 2.31. The maximum Gasteiger partial charge on any atom is -0.0308 e. The summed E-state index contributed by atoms with van der Waals surface area (Å²) >= 11 is 1.74. The third kappa shape index (κ3) is 9.37. The monoisotopic (exact) mass is 454 g/mol. The summed E-state index contributed by atoms with van der Waals surface area (Å²) in [4.78, 5) is 0. The predicted molar refractivity (Wildman–Crippen MR) is 97.9 cm³/mol. The van der Waals surface area contributed by atoms with Crippen molar-refractivity contribution in [1.82, 2.24) is 0 Å². The van der Waals surface area contributed by atoms with Crippen molar-refractivity contribution in [3.05, 3.63) is 71.8 Å². The first-order valence-electron chi connectivity index (χ1n) is 7.76. The minimum absolute atomic E-state index is 0. The Kier molecular flexibility index (Phi) is 15.3. The van der Waals surface area contributed by atoms with Crippen LogP contribution in [0.3, 0.4) is 0 Å². The van der Waals surface area contributed by atoms with Gasteiger partial charge in [0.05, 0.1) is 0 Å². The first kappa shape index (κ1) is 26.1. The van der Waals surface area contributed by atoms with E-state index in [1.54, 1.807) is 23.3 Å². The van der Waals surface area contributed by atoms with Crippen LogP contribution >= 0.6 is 0 Å². The van der Waals surface area contributed by atoms with Crippen molar-refractivity contribution in [2.45, 2.75) is 39.8 Å². The Labute approximate surface area is 175 Å². The Hall–Kier alpha value is -0.140. The van der Waals surface area contributed by atoms with E-state index in [9.17, 15) is 0 Å². The summed E-state index contributed by atoms with van der Waals surface area (Å²) in [6.07, 6.45) is 0. The van der Waals surface area contributed by atoms with Gasteiger partial charge in [0.1, 0.15) is 0 Å². The van der Waals surface area contributed by atoms with Crippen LogP contribution in [-0.2, 0) is 23.3 Å². The standard InChI is InChI=1S/C13H15.C5H5.C2H6Si.2ClH.Zr/c1-9(2)11-8-7-10(3)12-5-4-6-13(11)12;1-2-4-5-3-1;1-3-2;;;/h4-9H,1-3H3;1-5H;1-2H3;2*1H;/q2*-1;;;;+2/p-2. The van der Waals surface area contributed by atoms with Gasteiger partial charge in [0.15, 0.2) is 0 Å². The third-order valence-electron chi connectivity index (χ3n) is 3.24. The van der Waals surface area contributed by atoms with Gasteiger partial charge in [-0.25, -0.2) is 12.1 Å². The summed E-state index contributed by atoms with van der Waals surface area (Å²) in [5.74, 6) is 0.616. The van der Waals surface area contributed by atoms with Gasteiger partial charge >= 0.3 is 41.9 Å². The van der Waals surface area contributed by atoms with E-state index in [0.717, 1.165) is 0 Å². The van der Waals surface area contributed by atoms with E-state index in [1.807, 2.05) is 30.3 Å². The zero-order valence-corrected chi connectivity index (χ0v) is 20.1. The molecule has 3 rings (SSSR count). The van der Waals surface area contributed by atoms with Gasteiger partial charge in [0.25, 0.3) is 0 Å². The van der Waals surface area contributed by atoms with Crippen LogP contribution in [0.5, 0.6) is 0 Å². The molecule has 24 heavy (non-hydrogen) atoms. The van der Waals surface area contributed by atoms with Crippen LogP contribution < -0.4 is 24.8 Å². The third-order valence-corrected chi connectivity index (χ3v) is 3.24. The normalized spacial score (nSPS) is 9.00. The fourth-order valence-corrected chi connectivity index (χ4v) is 2.23. The molecule has 0 fully saturated rings. The summed E-state index contributed by atoms with van der Waals surface area (Å²) in [6.45, 7) is 11.3. The number of rotatable bonds is 1. The number of fused-ring (bicyclic) bond motifs is 1. The van der Waals surface area contributed by atoms with Gasteiger partial charge < -0.3 is 24.8 Å². The van der Waals surface area contributed by atoms with Crippen molar-refractivity contribution in [2.75, 3.05) is 0 Å². The van der Waals surface area contributed by atoms with Crippen LogP contribution in [0.2, 0.25) is 13.1 Å². The number of halogens is 2. The molecule has 4 heteroatoms. The molecule has 3 aromatic carbocycles. The summed E-state index contributed by atoms with van der Waals surface area (Å²) < 4.78 is 0. The summed E-state index contributed by atoms with van der Waals surface area (Å²) in [6, 6.07) is 21.0. The van der Waals surface area contributed by atoms with Gasteiger partial charge in [-0.15, -0.1) is 28.5 Å². The fraction of sp³-hybridized carbons (Fsp3) is 0.300. The van der Waals surface area contributed by atoms with Crippen LogP contribution in [0.25, 0.3) is 10.8 Å². The van der Waals surface area contributed by atoms with Gasteiger partial charge in [0.2, 0.25) is 0 Å². The minimum atomic E-state index is 0. The van der Waals surface area contributed by atoms with Crippen LogP contribution in [0.4, 0.5) is 0 Å². The topological polar surface area (TPSA) is 0 Å². The van der Waals surface area contributed by atoms with Crippen LogP contribution in [0.1, 0.15) is 30.9 Å². The van der Waals surface area contributed by atoms with Crippen molar-refractivity contribution >= 4 is 16.2 Å². The van der Waals surface area contributed by atoms with Crippen LogP contribution in [-0.4, -0.2) is 5.43 Å². The zero-order chi connectivity index (χ0) is 16.5. The molecule has 0 saturated heterocycles. The van der Waals surface area contributed by atoms with Gasteiger partial charge in [-0.05, 0) is 5.92 Å². The summed E-state index contributed by atoms with van der Waals surface area (Å²) in [5, 5.41) is 2.83. The van der Waals surface area contributed by atoms with Crippen molar-refractivity contribution in [3.8, 4) is 0 Å². The Morgan fingerprint density at radius 2 is 1.50 bits per heavy atom. The molecular formula is C20H26Cl2SiZr-2. The van der Waals surface area contributed by atoms with E-state index < -0.39 is 0 Å². The molecule has 130 valence electrons. The average molecular weight is 457 g/mol. The first-order chi connectivity index (χ1) is 10.4. The molecule has 0 atom stereocenters. The molecular weight excluding hydrogens is 430 g/mol. The predicted octanol–water partition coefficient (Wildman–Crippen LogP) is 0.188. The molecule has 0 nitrogen and oxygen atoms in total. The zero-order valence-electron chi connectivity index (χ0n) is 15.1. The summed E-state index contributed by atoms with van der Waals surface area (Å²) in [7, 11) is 0. The molecule has 0 bridgehead atoms. The first-order valence-corrected chi connectivity index (χ1v) is 14.0. The van der Waals surface area contributed by atoms with Crippen molar-refractivity contribution in [1.29, 1.82) is 0 Å². The number of benzene rings is 1. The Morgan fingerprint density at radius 3 is 1.92 bits per heavy atom. The number of hydrogen-bond donors (Lipinski definition) is 0. The van der Waals surface area contributed by atoms with Crippen LogP contribution in [0, 0.1) is 6.92 Å². The molecule has 0 N–H and O–H groups in total. The van der Waals surface area contributed by atoms with E-state index >= 15 is 0 Å². The molecule has 0 amide bonds. The Bertz CT molecular complexity index is 664. The molecule has 0 aromatic heterocycles. The van der Waals surface area contributed by atoms with Crippen molar-refractivity contribution in [2.24, 2.45) is 0 Å². The molecule has 0 unspecified atom stereocenters. The Balaban J connectivity index is 0. The molecule has 0 aliphatic rings. The van der Waals surface area contributed by atoms with Crippen LogP contribution in [0.15, 0.2) is 60.7 Å². The fourth-order valence-electron chi connectivity index (χ4n) is 2.23. The quantitative estimate of drug-likeness (QED) is 0.362. The number of aryl methyl sites for hydroxylation is 1. The van der Waals surface area contributed by atoms with E-state index in [-0.39, 0.29) is 30.2 Å². The molecule has 3 aromatic rings. The second-order valence-corrected chi connectivity index (χ2v) is 15.3. The van der Waals surface area contributed by atoms with Gasteiger partial charge in [-0.3, -0.25) is 0 Å². The molecule has 0 aliphatic carbocycles. The van der Waals surface area contributed by atoms with Crippen molar-refractivity contribution < 1.29 is 48.1 Å². The second-order valence-electron chi connectivity index (χ2n) is 5.94. The maximum absolute atomic E-state index is 2.31. The minimum Gasteiger partial charge on any atom is -1.00 e. The van der Waals surface area contributed by atoms with Gasteiger partial charge in [-0.2, -0.15) is 30.3 Å². The average Bonchev–Trinajstić information content (AvgIpc) is 3.13. The second kappa shape index (κ2) is 14.1. The Morgan fingerprint density at radius 1 is 0.958 bits per heavy atom. The number of hydrogen-bond acceptors (Lipinski definition) is 0. The SMILES string of the molecule is C[Si](C)=[Zr+2].Cc1ccc(C(C)C)c2cc[cH-]c12.[Cl-].[Cl-].c1cc[cH-]c1. The molecule has 0 saturated carbocycles. The smallest absolute Gasteiger partial charge is 0.0308 e. The molecule has 0 spiro atoms. The van der Waals surface area contributed by atoms with Crippen molar-refractivity contribution in [3.63, 3.8) is 0 Å². The molecule has 0 heterocycles. The van der Waals surface area contributed by atoms with E-state index in [0.29, 0.717) is 5.92 Å². The summed E-state index contributed by atoms with van der Waals surface area (Å²) in [5.41, 5.74) is 3.05.